The molecule has 0 aliphatic heterocycles. The predicted octanol–water partition coefficient (Wildman–Crippen LogP) is 3.36. The van der Waals surface area contributed by atoms with Crippen LogP contribution in [0.5, 0.6) is 11.5 Å². The summed E-state index contributed by atoms with van der Waals surface area (Å²) in [6.07, 6.45) is 1.82. The van der Waals surface area contributed by atoms with Crippen LogP contribution < -0.4 is 14.8 Å². The van der Waals surface area contributed by atoms with Gasteiger partial charge in [0.05, 0.1) is 30.5 Å². The Morgan fingerprint density at radius 3 is 2.48 bits per heavy atom. The smallest absolute Gasteiger partial charge is 0.156 e. The van der Waals surface area contributed by atoms with Crippen molar-refractivity contribution in [2.75, 3.05) is 19.5 Å². The Morgan fingerprint density at radius 2 is 1.86 bits per heavy atom. The number of anilines is 2. The van der Waals surface area contributed by atoms with Crippen LogP contribution >= 0.6 is 23.2 Å². The number of ether oxygens (including phenoxy) is 2. The molecule has 0 aliphatic rings. The molecule has 0 fully saturated rings. The molecular weight excluding hydrogens is 317 g/mol. The number of nitrogens with one attached hydrogen (secondary N) is 1. The molecule has 110 valence electrons. The molecule has 2 aromatic rings. The van der Waals surface area contributed by atoms with E-state index in [4.69, 9.17) is 32.7 Å². The van der Waals surface area contributed by atoms with Crippen LogP contribution in [-0.4, -0.2) is 30.5 Å². The van der Waals surface area contributed by atoms with Gasteiger partial charge in [-0.1, -0.05) is 23.2 Å². The van der Waals surface area contributed by atoms with Gasteiger partial charge >= 0.3 is 0 Å². The third-order valence-corrected chi connectivity index (χ3v) is 3.28. The van der Waals surface area contributed by atoms with Gasteiger partial charge in [0.2, 0.25) is 0 Å². The summed E-state index contributed by atoms with van der Waals surface area (Å²) < 4.78 is 10.4. The first-order valence-electron chi connectivity index (χ1n) is 5.75. The molecule has 1 heterocycles. The largest absolute Gasteiger partial charge is 0.495 e. The Hall–Kier alpha value is -2.05. The molecule has 1 aromatic heterocycles. The quantitative estimate of drug-likeness (QED) is 0.670. The third-order valence-electron chi connectivity index (χ3n) is 2.68. The average Bonchev–Trinajstić information content (AvgIpc) is 2.48. The minimum absolute atomic E-state index is 0.0578. The first-order chi connectivity index (χ1) is 10.1. The molecule has 0 spiro atoms. The number of halogens is 2. The molecule has 0 bridgehead atoms. The van der Waals surface area contributed by atoms with E-state index < -0.39 is 0 Å². The number of hydrogen-bond acceptors (Lipinski definition) is 6. The van der Waals surface area contributed by atoms with E-state index in [0.717, 1.165) is 0 Å². The molecule has 6 nitrogen and oxygen atoms in total. The Morgan fingerprint density at radius 1 is 1.14 bits per heavy atom. The summed E-state index contributed by atoms with van der Waals surface area (Å²) in [7, 11) is 2.99. The summed E-state index contributed by atoms with van der Waals surface area (Å²) in [5, 5.41) is 3.41. The van der Waals surface area contributed by atoms with Crippen molar-refractivity contribution < 1.29 is 14.3 Å². The maximum Gasteiger partial charge on any atom is 0.156 e. The van der Waals surface area contributed by atoms with Gasteiger partial charge in [-0.2, -0.15) is 0 Å². The van der Waals surface area contributed by atoms with E-state index in [2.05, 4.69) is 15.3 Å². The van der Waals surface area contributed by atoms with Crippen LogP contribution in [-0.2, 0) is 0 Å². The highest BCUT2D eigenvalue weighted by atomic mass is 35.5. The van der Waals surface area contributed by atoms with Gasteiger partial charge in [-0.3, -0.25) is 4.79 Å². The van der Waals surface area contributed by atoms with Crippen LogP contribution in [0, 0.1) is 0 Å². The van der Waals surface area contributed by atoms with Crippen molar-refractivity contribution in [3.63, 3.8) is 0 Å². The second-order valence-electron chi connectivity index (χ2n) is 3.86. The normalized spacial score (nSPS) is 10.1. The standard InChI is InChI=1S/C13H11Cl2N3O3/c1-20-10-4-9(11(21-2)3-8(10)14)18-13-7(5-19)12(15)16-6-17-13/h3-6H,1-2H3,(H,16,17,18). The molecule has 2 rings (SSSR count). The van der Waals surface area contributed by atoms with Gasteiger partial charge in [-0.15, -0.1) is 0 Å². The number of rotatable bonds is 5. The molecule has 0 atom stereocenters. The summed E-state index contributed by atoms with van der Waals surface area (Å²) in [6, 6.07) is 3.22. The Balaban J connectivity index is 2.48. The van der Waals surface area contributed by atoms with Crippen molar-refractivity contribution in [3.8, 4) is 11.5 Å². The number of benzene rings is 1. The summed E-state index contributed by atoms with van der Waals surface area (Å²) in [5.41, 5.74) is 0.673. The molecule has 0 saturated carbocycles. The fraction of sp³-hybridized carbons (Fsp3) is 0.154. The lowest BCUT2D eigenvalue weighted by Gasteiger charge is -2.14. The maximum atomic E-state index is 11.1. The molecule has 21 heavy (non-hydrogen) atoms. The minimum atomic E-state index is 0.0578. The van der Waals surface area contributed by atoms with E-state index in [-0.39, 0.29) is 16.5 Å². The first kappa shape index (κ1) is 15.3. The van der Waals surface area contributed by atoms with Crippen LogP contribution in [0.15, 0.2) is 18.5 Å². The number of aldehydes is 1. The fourth-order valence-electron chi connectivity index (χ4n) is 1.66. The second kappa shape index (κ2) is 6.60. The topological polar surface area (TPSA) is 73.3 Å². The molecule has 8 heteroatoms. The predicted molar refractivity (Wildman–Crippen MR) is 80.3 cm³/mol. The lowest BCUT2D eigenvalue weighted by Crippen LogP contribution is -2.02. The van der Waals surface area contributed by atoms with Crippen molar-refractivity contribution >= 4 is 41.0 Å². The summed E-state index contributed by atoms with van der Waals surface area (Å²) in [5.74, 6) is 1.17. The van der Waals surface area contributed by atoms with Gasteiger partial charge in [-0.05, 0) is 0 Å². The monoisotopic (exact) mass is 327 g/mol. The van der Waals surface area contributed by atoms with Crippen LogP contribution in [0.3, 0.4) is 0 Å². The third kappa shape index (κ3) is 3.17. The van der Waals surface area contributed by atoms with Crippen molar-refractivity contribution in [2.24, 2.45) is 0 Å². The highest BCUT2D eigenvalue weighted by molar-refractivity contribution is 6.32. The van der Waals surface area contributed by atoms with Crippen LogP contribution in [0.2, 0.25) is 10.2 Å². The van der Waals surface area contributed by atoms with Gasteiger partial charge < -0.3 is 14.8 Å². The van der Waals surface area contributed by atoms with Gasteiger partial charge in [0.15, 0.2) is 6.29 Å². The van der Waals surface area contributed by atoms with E-state index >= 15 is 0 Å². The molecule has 0 unspecified atom stereocenters. The van der Waals surface area contributed by atoms with Crippen LogP contribution in [0.25, 0.3) is 0 Å². The minimum Gasteiger partial charge on any atom is -0.495 e. The molecule has 0 amide bonds. The van der Waals surface area contributed by atoms with E-state index in [1.54, 1.807) is 12.1 Å². The van der Waals surface area contributed by atoms with E-state index in [0.29, 0.717) is 28.5 Å². The fourth-order valence-corrected chi connectivity index (χ4v) is 2.07. The summed E-state index contributed by atoms with van der Waals surface area (Å²) in [4.78, 5) is 18.8. The van der Waals surface area contributed by atoms with E-state index in [1.807, 2.05) is 0 Å². The van der Waals surface area contributed by atoms with Crippen molar-refractivity contribution in [3.05, 3.63) is 34.2 Å². The Kier molecular flexibility index (Phi) is 4.82. The Labute approximate surface area is 131 Å². The van der Waals surface area contributed by atoms with Crippen molar-refractivity contribution in [2.45, 2.75) is 0 Å². The van der Waals surface area contributed by atoms with Gasteiger partial charge in [-0.25, -0.2) is 9.97 Å². The lowest BCUT2D eigenvalue weighted by atomic mass is 10.2. The highest BCUT2D eigenvalue weighted by Crippen LogP contribution is 2.37. The molecule has 0 aliphatic carbocycles. The summed E-state index contributed by atoms with van der Waals surface area (Å²) >= 11 is 11.9. The molecule has 0 saturated heterocycles. The molecule has 1 N–H and O–H groups in total. The van der Waals surface area contributed by atoms with Crippen molar-refractivity contribution in [1.29, 1.82) is 0 Å². The van der Waals surface area contributed by atoms with Crippen LogP contribution in [0.4, 0.5) is 11.5 Å². The zero-order valence-corrected chi connectivity index (χ0v) is 12.7. The SMILES string of the molecule is COc1cc(Nc2ncnc(Cl)c2C=O)c(OC)cc1Cl. The first-order valence-corrected chi connectivity index (χ1v) is 6.50. The average molecular weight is 328 g/mol. The van der Waals surface area contributed by atoms with E-state index in [1.165, 1.54) is 20.5 Å². The second-order valence-corrected chi connectivity index (χ2v) is 4.62. The van der Waals surface area contributed by atoms with E-state index in [9.17, 15) is 4.79 Å². The maximum absolute atomic E-state index is 11.1. The van der Waals surface area contributed by atoms with Gasteiger partial charge in [0.25, 0.3) is 0 Å². The Bertz CT molecular complexity index is 680. The molecule has 0 radical (unpaired) electrons. The number of aromatic nitrogens is 2. The molecule has 1 aromatic carbocycles. The number of hydrogen-bond donors (Lipinski definition) is 1. The van der Waals surface area contributed by atoms with Gasteiger partial charge in [0, 0.05) is 12.1 Å². The number of carbonyl (C=O) groups is 1. The zero-order valence-electron chi connectivity index (χ0n) is 11.2. The summed E-state index contributed by atoms with van der Waals surface area (Å²) in [6.45, 7) is 0. The van der Waals surface area contributed by atoms with Crippen molar-refractivity contribution in [1.82, 2.24) is 9.97 Å². The van der Waals surface area contributed by atoms with Crippen LogP contribution in [0.1, 0.15) is 10.4 Å². The number of carbonyl (C=O) groups excluding carboxylic acids is 1. The molecular formula is C13H11Cl2N3O3. The highest BCUT2D eigenvalue weighted by Gasteiger charge is 2.14. The lowest BCUT2D eigenvalue weighted by molar-refractivity contribution is 0.112. The van der Waals surface area contributed by atoms with Gasteiger partial charge in [0.1, 0.15) is 28.8 Å². The zero-order chi connectivity index (χ0) is 15.4. The number of methoxy groups -OCH3 is 2. The number of nitrogens with zero attached hydrogens (tertiary/aromatic N) is 2.